The molecule has 0 bridgehead atoms. The van der Waals surface area contributed by atoms with Crippen LogP contribution < -0.4 is 10.1 Å². The van der Waals surface area contributed by atoms with E-state index in [4.69, 9.17) is 9.26 Å². The summed E-state index contributed by atoms with van der Waals surface area (Å²) in [6, 6.07) is 8.30. The third kappa shape index (κ3) is 5.53. The van der Waals surface area contributed by atoms with E-state index in [1.165, 1.54) is 30.2 Å². The Morgan fingerprint density at radius 2 is 2.09 bits per heavy atom. The number of carbonyl (C=O) groups excluding carboxylic acids is 1. The molecule has 2 aliphatic rings. The van der Waals surface area contributed by atoms with Crippen LogP contribution in [0.5, 0.6) is 5.75 Å². The first-order valence-electron chi connectivity index (χ1n) is 11.7. The van der Waals surface area contributed by atoms with Gasteiger partial charge in [-0.25, -0.2) is 4.79 Å². The Labute approximate surface area is 191 Å². The third-order valence-electron chi connectivity index (χ3n) is 6.88. The van der Waals surface area contributed by atoms with Gasteiger partial charge in [0.05, 0.1) is 12.3 Å². The van der Waals surface area contributed by atoms with Gasteiger partial charge >= 0.3 is 6.03 Å². The number of nitrogens with zero attached hydrogens (tertiary/aromatic N) is 2. The van der Waals surface area contributed by atoms with E-state index in [0.717, 1.165) is 25.0 Å². The topological polar surface area (TPSA) is 67.6 Å². The molecular formula is C26H35N3O3. The number of carbonyl (C=O) groups is 1. The highest BCUT2D eigenvalue weighted by molar-refractivity contribution is 5.89. The highest BCUT2D eigenvalue weighted by Crippen LogP contribution is 2.36. The summed E-state index contributed by atoms with van der Waals surface area (Å²) in [6.07, 6.45) is 9.68. The monoisotopic (exact) mass is 437 g/mol. The van der Waals surface area contributed by atoms with Crippen LogP contribution in [0.25, 0.3) is 6.08 Å². The molecule has 1 aromatic carbocycles. The molecule has 1 atom stereocenters. The zero-order valence-electron chi connectivity index (χ0n) is 19.7. The van der Waals surface area contributed by atoms with Crippen molar-refractivity contribution in [3.63, 3.8) is 0 Å². The number of hydrogen-bond donors (Lipinski definition) is 1. The molecule has 0 radical (unpaired) electrons. The molecule has 1 aliphatic heterocycles. The number of likely N-dealkylation sites (tertiary alicyclic amines) is 1. The molecule has 1 aliphatic carbocycles. The summed E-state index contributed by atoms with van der Waals surface area (Å²) >= 11 is 0. The third-order valence-corrected chi connectivity index (χ3v) is 6.88. The zero-order valence-corrected chi connectivity index (χ0v) is 19.7. The van der Waals surface area contributed by atoms with Crippen molar-refractivity contribution in [2.24, 2.45) is 11.3 Å². The van der Waals surface area contributed by atoms with E-state index in [9.17, 15) is 4.79 Å². The molecule has 6 heteroatoms. The van der Waals surface area contributed by atoms with E-state index in [-0.39, 0.29) is 6.03 Å². The molecule has 1 aromatic heterocycles. The van der Waals surface area contributed by atoms with Crippen LogP contribution in [-0.4, -0.2) is 35.3 Å². The number of nitrogens with one attached hydrogen (secondary N) is 1. The van der Waals surface area contributed by atoms with E-state index < -0.39 is 0 Å². The maximum atomic E-state index is 12.6. The molecule has 172 valence electrons. The van der Waals surface area contributed by atoms with Crippen molar-refractivity contribution in [2.75, 3.05) is 18.4 Å². The molecule has 6 nitrogen and oxygen atoms in total. The summed E-state index contributed by atoms with van der Waals surface area (Å²) in [5.41, 5.74) is 3.61. The van der Waals surface area contributed by atoms with E-state index in [1.807, 2.05) is 4.90 Å². The molecule has 2 heterocycles. The zero-order chi connectivity index (χ0) is 22.7. The summed E-state index contributed by atoms with van der Waals surface area (Å²) in [6.45, 7) is 10.1. The predicted molar refractivity (Wildman–Crippen MR) is 127 cm³/mol. The standard InChI is InChI=1S/C26H35N3O3/c1-18-17-29(25(30)28-24-16-27-32-19(24)2)13-10-21(18)14-20-6-5-7-23(15-20)31-22-8-11-26(3,4)12-9-22/h5-7,14-16,18,22H,8-13,17H2,1-4H3,(H,28,30). The second-order valence-corrected chi connectivity index (χ2v) is 10.1. The molecule has 4 rings (SSSR count). The fourth-order valence-corrected chi connectivity index (χ4v) is 4.64. The summed E-state index contributed by atoms with van der Waals surface area (Å²) in [5, 5.41) is 6.61. The van der Waals surface area contributed by atoms with Gasteiger partial charge in [0.15, 0.2) is 5.76 Å². The van der Waals surface area contributed by atoms with Crippen molar-refractivity contribution in [3.8, 4) is 5.75 Å². The van der Waals surface area contributed by atoms with Crippen LogP contribution in [-0.2, 0) is 0 Å². The number of anilines is 1. The fourth-order valence-electron chi connectivity index (χ4n) is 4.64. The number of benzene rings is 1. The molecule has 2 aromatic rings. The number of hydrogen-bond acceptors (Lipinski definition) is 4. The number of amides is 2. The molecule has 2 amide bonds. The van der Waals surface area contributed by atoms with Gasteiger partial charge in [0.1, 0.15) is 11.4 Å². The predicted octanol–water partition coefficient (Wildman–Crippen LogP) is 6.29. The van der Waals surface area contributed by atoms with Gasteiger partial charge in [-0.1, -0.05) is 49.7 Å². The van der Waals surface area contributed by atoms with E-state index in [1.54, 1.807) is 6.92 Å². The van der Waals surface area contributed by atoms with E-state index in [0.29, 0.717) is 42.0 Å². The highest BCUT2D eigenvalue weighted by Gasteiger charge is 2.28. The summed E-state index contributed by atoms with van der Waals surface area (Å²) in [7, 11) is 0. The normalized spacial score (nSPS) is 22.7. The van der Waals surface area contributed by atoms with Gasteiger partial charge in [-0.3, -0.25) is 0 Å². The Morgan fingerprint density at radius 3 is 2.78 bits per heavy atom. The number of rotatable bonds is 4. The molecule has 32 heavy (non-hydrogen) atoms. The highest BCUT2D eigenvalue weighted by atomic mass is 16.5. The van der Waals surface area contributed by atoms with Crippen LogP contribution in [0, 0.1) is 18.3 Å². The molecule has 1 saturated heterocycles. The number of urea groups is 1. The minimum absolute atomic E-state index is 0.103. The van der Waals surface area contributed by atoms with Crippen molar-refractivity contribution in [2.45, 2.75) is 65.9 Å². The Morgan fingerprint density at radius 1 is 1.31 bits per heavy atom. The lowest BCUT2D eigenvalue weighted by Crippen LogP contribution is -2.42. The summed E-state index contributed by atoms with van der Waals surface area (Å²) in [4.78, 5) is 14.5. The van der Waals surface area contributed by atoms with Crippen LogP contribution >= 0.6 is 0 Å². The summed E-state index contributed by atoms with van der Waals surface area (Å²) < 4.78 is 11.3. The average molecular weight is 438 g/mol. The van der Waals surface area contributed by atoms with Crippen molar-refractivity contribution in [1.29, 1.82) is 0 Å². The lowest BCUT2D eigenvalue weighted by Gasteiger charge is -2.34. The molecule has 1 unspecified atom stereocenters. The Bertz CT molecular complexity index is 968. The van der Waals surface area contributed by atoms with Crippen LogP contribution in [0.3, 0.4) is 0 Å². The number of aryl methyl sites for hydroxylation is 1. The minimum Gasteiger partial charge on any atom is -0.490 e. The lowest BCUT2D eigenvalue weighted by atomic mass is 9.76. The number of piperidine rings is 1. The first kappa shape index (κ1) is 22.4. The fraction of sp³-hybridized carbons (Fsp3) is 0.538. The maximum absolute atomic E-state index is 12.6. The average Bonchev–Trinajstić information content (AvgIpc) is 3.16. The van der Waals surface area contributed by atoms with Gasteiger partial charge < -0.3 is 19.5 Å². The second kappa shape index (κ2) is 9.39. The van der Waals surface area contributed by atoms with Crippen LogP contribution in [0.15, 0.2) is 40.6 Å². The maximum Gasteiger partial charge on any atom is 0.322 e. The van der Waals surface area contributed by atoms with Gasteiger partial charge in [-0.05, 0) is 68.1 Å². The first-order chi connectivity index (χ1) is 15.3. The van der Waals surface area contributed by atoms with Gasteiger partial charge in [0, 0.05) is 13.1 Å². The van der Waals surface area contributed by atoms with Crippen LogP contribution in [0.1, 0.15) is 64.2 Å². The Hall–Kier alpha value is -2.76. The van der Waals surface area contributed by atoms with Crippen LogP contribution in [0.2, 0.25) is 0 Å². The lowest BCUT2D eigenvalue weighted by molar-refractivity contribution is 0.0987. The largest absolute Gasteiger partial charge is 0.490 e. The molecule has 0 spiro atoms. The Kier molecular flexibility index (Phi) is 6.58. The first-order valence-corrected chi connectivity index (χ1v) is 11.7. The quantitative estimate of drug-likeness (QED) is 0.610. The minimum atomic E-state index is -0.103. The van der Waals surface area contributed by atoms with E-state index >= 15 is 0 Å². The van der Waals surface area contributed by atoms with Crippen molar-refractivity contribution >= 4 is 17.8 Å². The van der Waals surface area contributed by atoms with E-state index in [2.05, 4.69) is 61.6 Å². The van der Waals surface area contributed by atoms with Crippen LogP contribution in [0.4, 0.5) is 10.5 Å². The van der Waals surface area contributed by atoms with Gasteiger partial charge in [-0.15, -0.1) is 0 Å². The smallest absolute Gasteiger partial charge is 0.322 e. The van der Waals surface area contributed by atoms with Gasteiger partial charge in [-0.2, -0.15) is 0 Å². The Balaban J connectivity index is 1.35. The van der Waals surface area contributed by atoms with Crippen molar-refractivity contribution in [1.82, 2.24) is 10.1 Å². The summed E-state index contributed by atoms with van der Waals surface area (Å²) in [5.74, 6) is 1.86. The molecular weight excluding hydrogens is 402 g/mol. The van der Waals surface area contributed by atoms with Crippen molar-refractivity contribution in [3.05, 3.63) is 47.4 Å². The van der Waals surface area contributed by atoms with Gasteiger partial charge in [0.25, 0.3) is 0 Å². The number of aromatic nitrogens is 1. The van der Waals surface area contributed by atoms with Gasteiger partial charge in [0.2, 0.25) is 0 Å². The molecule has 1 saturated carbocycles. The second-order valence-electron chi connectivity index (χ2n) is 10.1. The molecule has 2 fully saturated rings. The SMILES string of the molecule is Cc1oncc1NC(=O)N1CCC(=Cc2cccc(OC3CCC(C)(C)CC3)c2)C(C)C1. The molecule has 1 N–H and O–H groups in total. The number of ether oxygens (including phenoxy) is 1. The van der Waals surface area contributed by atoms with Crippen molar-refractivity contribution < 1.29 is 14.1 Å².